The fraction of sp³-hybridized carbons (Fsp3) is 0.500. The number of piperidine rings is 1. The van der Waals surface area contributed by atoms with Gasteiger partial charge in [0.1, 0.15) is 5.69 Å². The van der Waals surface area contributed by atoms with E-state index in [1.165, 1.54) is 6.07 Å². The molecule has 0 aliphatic carbocycles. The number of hydrogen-bond acceptors (Lipinski definition) is 5. The van der Waals surface area contributed by atoms with Gasteiger partial charge in [0.05, 0.1) is 10.5 Å². The minimum absolute atomic E-state index is 0.0788. The number of aryl methyl sites for hydroxylation is 1. The van der Waals surface area contributed by atoms with E-state index in [0.29, 0.717) is 18.0 Å². The normalized spacial score (nSPS) is 18.2. The lowest BCUT2D eigenvalue weighted by Crippen LogP contribution is -2.38. The van der Waals surface area contributed by atoms with Crippen molar-refractivity contribution < 1.29 is 9.72 Å². The van der Waals surface area contributed by atoms with Crippen LogP contribution in [0.25, 0.3) is 0 Å². The van der Waals surface area contributed by atoms with Crippen LogP contribution >= 0.6 is 0 Å². The van der Waals surface area contributed by atoms with Gasteiger partial charge in [0.15, 0.2) is 0 Å². The van der Waals surface area contributed by atoms with Crippen molar-refractivity contribution in [2.24, 2.45) is 5.92 Å². The lowest BCUT2D eigenvalue weighted by molar-refractivity contribution is -0.384. The van der Waals surface area contributed by atoms with Gasteiger partial charge in [-0.05, 0) is 50.4 Å². The van der Waals surface area contributed by atoms with E-state index in [0.717, 1.165) is 25.9 Å². The fourth-order valence-electron chi connectivity index (χ4n) is 2.55. The summed E-state index contributed by atoms with van der Waals surface area (Å²) in [6, 6.07) is 2.95. The average molecular weight is 292 g/mol. The quantitative estimate of drug-likeness (QED) is 0.439. The van der Waals surface area contributed by atoms with Gasteiger partial charge in [-0.1, -0.05) is 0 Å². The van der Waals surface area contributed by atoms with E-state index in [4.69, 9.17) is 5.73 Å². The Kier molecular flexibility index (Phi) is 4.74. The molecule has 7 nitrogen and oxygen atoms in total. The number of rotatable bonds is 4. The third-order valence-electron chi connectivity index (χ3n) is 3.69. The van der Waals surface area contributed by atoms with E-state index in [1.54, 1.807) is 13.0 Å². The fourth-order valence-corrected chi connectivity index (χ4v) is 2.55. The first-order valence-corrected chi connectivity index (χ1v) is 7.02. The van der Waals surface area contributed by atoms with Gasteiger partial charge < -0.3 is 16.4 Å². The van der Waals surface area contributed by atoms with E-state index >= 15 is 0 Å². The molecule has 1 aliphatic rings. The molecular weight excluding hydrogens is 272 g/mol. The van der Waals surface area contributed by atoms with Crippen LogP contribution in [-0.2, 0) is 0 Å². The zero-order valence-corrected chi connectivity index (χ0v) is 12.0. The van der Waals surface area contributed by atoms with Crippen molar-refractivity contribution in [2.45, 2.75) is 19.8 Å². The van der Waals surface area contributed by atoms with Crippen molar-refractivity contribution in [1.29, 1.82) is 0 Å². The largest absolute Gasteiger partial charge is 0.393 e. The summed E-state index contributed by atoms with van der Waals surface area (Å²) in [4.78, 5) is 22.6. The maximum absolute atomic E-state index is 12.2. The summed E-state index contributed by atoms with van der Waals surface area (Å²) in [5.74, 6) is 0.0357. The van der Waals surface area contributed by atoms with E-state index in [2.05, 4.69) is 10.6 Å². The van der Waals surface area contributed by atoms with Gasteiger partial charge in [0, 0.05) is 12.6 Å². The van der Waals surface area contributed by atoms with Crippen LogP contribution in [0.4, 0.5) is 11.4 Å². The van der Waals surface area contributed by atoms with Crippen LogP contribution < -0.4 is 16.4 Å². The van der Waals surface area contributed by atoms with Crippen molar-refractivity contribution in [3.05, 3.63) is 33.4 Å². The average Bonchev–Trinajstić information content (AvgIpc) is 2.47. The van der Waals surface area contributed by atoms with Gasteiger partial charge in [-0.2, -0.15) is 0 Å². The molecule has 0 bridgehead atoms. The smallest absolute Gasteiger partial charge is 0.293 e. The second-order valence-corrected chi connectivity index (χ2v) is 5.42. The first-order valence-electron chi connectivity index (χ1n) is 7.02. The number of nitrogens with one attached hydrogen (secondary N) is 2. The summed E-state index contributed by atoms with van der Waals surface area (Å²) in [7, 11) is 0. The summed E-state index contributed by atoms with van der Waals surface area (Å²) in [5, 5.41) is 17.0. The highest BCUT2D eigenvalue weighted by Crippen LogP contribution is 2.27. The molecule has 0 aromatic heterocycles. The second kappa shape index (κ2) is 6.53. The monoisotopic (exact) mass is 292 g/mol. The molecule has 4 N–H and O–H groups in total. The number of hydrogen-bond donors (Lipinski definition) is 3. The molecule has 1 aromatic carbocycles. The highest BCUT2D eigenvalue weighted by molar-refractivity contribution is 6.01. The molecule has 0 spiro atoms. The van der Waals surface area contributed by atoms with E-state index in [1.807, 2.05) is 0 Å². The van der Waals surface area contributed by atoms with E-state index in [-0.39, 0.29) is 22.8 Å². The van der Waals surface area contributed by atoms with Crippen LogP contribution in [0.15, 0.2) is 12.1 Å². The Morgan fingerprint density at radius 3 is 2.95 bits per heavy atom. The number of anilines is 1. The molecule has 1 aliphatic heterocycles. The summed E-state index contributed by atoms with van der Waals surface area (Å²) >= 11 is 0. The second-order valence-electron chi connectivity index (χ2n) is 5.42. The van der Waals surface area contributed by atoms with Crippen LogP contribution in [-0.4, -0.2) is 30.5 Å². The van der Waals surface area contributed by atoms with Crippen LogP contribution in [0, 0.1) is 23.0 Å². The minimum atomic E-state index is -0.565. The van der Waals surface area contributed by atoms with Crippen LogP contribution in [0.3, 0.4) is 0 Å². The molecule has 1 unspecified atom stereocenters. The number of carbonyl (C=O) groups is 1. The Labute approximate surface area is 123 Å². The predicted molar refractivity (Wildman–Crippen MR) is 80.2 cm³/mol. The zero-order chi connectivity index (χ0) is 15.4. The molecule has 1 atom stereocenters. The van der Waals surface area contributed by atoms with Crippen LogP contribution in [0.1, 0.15) is 28.8 Å². The highest BCUT2D eigenvalue weighted by atomic mass is 16.6. The predicted octanol–water partition coefficient (Wildman–Crippen LogP) is 1.21. The van der Waals surface area contributed by atoms with Gasteiger partial charge >= 0.3 is 0 Å². The topological polar surface area (TPSA) is 110 Å². The molecule has 1 heterocycles. The SMILES string of the molecule is Cc1cc(C(=O)NCC2CCCNC2)c(N)c([N+](=O)[O-])c1. The summed E-state index contributed by atoms with van der Waals surface area (Å²) in [6.45, 7) is 4.15. The van der Waals surface area contributed by atoms with Crippen molar-refractivity contribution >= 4 is 17.3 Å². The minimum Gasteiger partial charge on any atom is -0.393 e. The summed E-state index contributed by atoms with van der Waals surface area (Å²) in [6.07, 6.45) is 2.16. The van der Waals surface area contributed by atoms with Gasteiger partial charge in [-0.15, -0.1) is 0 Å². The Bertz CT molecular complexity index is 553. The van der Waals surface area contributed by atoms with Crippen LogP contribution in [0.2, 0.25) is 0 Å². The number of carbonyl (C=O) groups excluding carboxylic acids is 1. The Hall–Kier alpha value is -2.15. The molecule has 0 saturated carbocycles. The molecule has 1 aromatic rings. The number of nitrogen functional groups attached to an aromatic ring is 1. The molecule has 0 radical (unpaired) electrons. The molecule has 114 valence electrons. The number of nitro groups is 1. The third kappa shape index (κ3) is 3.69. The number of nitrogens with two attached hydrogens (primary N) is 1. The third-order valence-corrected chi connectivity index (χ3v) is 3.69. The molecule has 21 heavy (non-hydrogen) atoms. The number of nitro benzene ring substituents is 1. The van der Waals surface area contributed by atoms with Gasteiger partial charge in [0.2, 0.25) is 0 Å². The molecule has 1 saturated heterocycles. The molecule has 1 amide bonds. The number of benzene rings is 1. The number of amides is 1. The zero-order valence-electron chi connectivity index (χ0n) is 12.0. The summed E-state index contributed by atoms with van der Waals surface area (Å²) < 4.78 is 0. The Morgan fingerprint density at radius 1 is 1.57 bits per heavy atom. The van der Waals surface area contributed by atoms with Crippen molar-refractivity contribution in [2.75, 3.05) is 25.4 Å². The van der Waals surface area contributed by atoms with Crippen LogP contribution in [0.5, 0.6) is 0 Å². The Balaban J connectivity index is 2.09. The maximum Gasteiger partial charge on any atom is 0.293 e. The van der Waals surface area contributed by atoms with E-state index in [9.17, 15) is 14.9 Å². The summed E-state index contributed by atoms with van der Waals surface area (Å²) in [5.41, 5.74) is 6.26. The van der Waals surface area contributed by atoms with Gasteiger partial charge in [-0.3, -0.25) is 14.9 Å². The van der Waals surface area contributed by atoms with Crippen molar-refractivity contribution in [3.8, 4) is 0 Å². The standard InChI is InChI=1S/C14H20N4O3/c1-9-5-11(13(15)12(6-9)18(20)21)14(19)17-8-10-3-2-4-16-7-10/h5-6,10,16H,2-4,7-8,15H2,1H3,(H,17,19). The van der Waals surface area contributed by atoms with E-state index < -0.39 is 4.92 Å². The first-order chi connectivity index (χ1) is 9.99. The highest BCUT2D eigenvalue weighted by Gasteiger charge is 2.21. The first kappa shape index (κ1) is 15.2. The molecule has 2 rings (SSSR count). The van der Waals surface area contributed by atoms with Crippen molar-refractivity contribution in [3.63, 3.8) is 0 Å². The maximum atomic E-state index is 12.2. The number of nitrogens with zero attached hydrogens (tertiary/aromatic N) is 1. The molecule has 7 heteroatoms. The Morgan fingerprint density at radius 2 is 2.33 bits per heavy atom. The van der Waals surface area contributed by atoms with Gasteiger partial charge in [0.25, 0.3) is 11.6 Å². The lowest BCUT2D eigenvalue weighted by Gasteiger charge is -2.23. The van der Waals surface area contributed by atoms with Gasteiger partial charge in [-0.25, -0.2) is 0 Å². The molecular formula is C14H20N4O3. The lowest BCUT2D eigenvalue weighted by atomic mass is 9.99. The van der Waals surface area contributed by atoms with Crippen molar-refractivity contribution in [1.82, 2.24) is 10.6 Å². The molecule has 1 fully saturated rings.